The zero-order chi connectivity index (χ0) is 24.0. The summed E-state index contributed by atoms with van der Waals surface area (Å²) in [7, 11) is -3.81. The van der Waals surface area contributed by atoms with E-state index in [0.717, 1.165) is 32.1 Å². The van der Waals surface area contributed by atoms with Crippen LogP contribution >= 0.6 is 0 Å². The highest BCUT2D eigenvalue weighted by atomic mass is 32.2. The molecule has 2 N–H and O–H groups in total. The largest absolute Gasteiger partial charge is 0.449 e. The van der Waals surface area contributed by atoms with Crippen LogP contribution in [0.4, 0.5) is 4.79 Å². The molecular weight excluding hydrogens is 450 g/mol. The number of ether oxygens (including phenoxy) is 2. The van der Waals surface area contributed by atoms with Gasteiger partial charge < -0.3 is 14.8 Å². The standard InChI is InChI=1S/C22H31N3O7S/c1-15-8-9-17(14-19(15)33(29,30)25-10-12-31-13-11-25)21(27)32-16(2)20(26)24-22(28)23-18-6-4-3-5-7-18/h8-9,14,16,18H,3-7,10-13H2,1-2H3,(H2,23,24,26,28). The van der Waals surface area contributed by atoms with Gasteiger partial charge >= 0.3 is 12.0 Å². The summed E-state index contributed by atoms with van der Waals surface area (Å²) >= 11 is 0. The Labute approximate surface area is 194 Å². The van der Waals surface area contributed by atoms with E-state index < -0.39 is 34.0 Å². The normalized spacial score (nSPS) is 18.8. The quantitative estimate of drug-likeness (QED) is 0.592. The Hall–Kier alpha value is -2.50. The van der Waals surface area contributed by atoms with Crippen molar-refractivity contribution in [2.75, 3.05) is 26.3 Å². The highest BCUT2D eigenvalue weighted by molar-refractivity contribution is 7.89. The number of imide groups is 1. The molecule has 1 aromatic carbocycles. The molecule has 2 fully saturated rings. The number of nitrogens with zero attached hydrogens (tertiary/aromatic N) is 1. The first-order valence-electron chi connectivity index (χ1n) is 11.2. The third-order valence-electron chi connectivity index (χ3n) is 5.84. The SMILES string of the molecule is Cc1ccc(C(=O)OC(C)C(=O)NC(=O)NC2CCCCC2)cc1S(=O)(=O)N1CCOCC1. The number of morpholine rings is 1. The number of carbonyl (C=O) groups is 3. The van der Waals surface area contributed by atoms with Gasteiger partial charge in [0, 0.05) is 19.1 Å². The molecule has 1 heterocycles. The number of aryl methyl sites for hydroxylation is 1. The van der Waals surface area contributed by atoms with E-state index >= 15 is 0 Å². The molecule has 3 amide bonds. The zero-order valence-electron chi connectivity index (χ0n) is 19.0. The van der Waals surface area contributed by atoms with Gasteiger partial charge in [-0.2, -0.15) is 4.31 Å². The van der Waals surface area contributed by atoms with Gasteiger partial charge in [-0.05, 0) is 44.4 Å². The van der Waals surface area contributed by atoms with E-state index in [1.165, 1.54) is 29.4 Å². The molecule has 11 heteroatoms. The fraction of sp³-hybridized carbons (Fsp3) is 0.591. The molecule has 10 nitrogen and oxygen atoms in total. The van der Waals surface area contributed by atoms with Crippen molar-refractivity contribution < 1.29 is 32.3 Å². The minimum Gasteiger partial charge on any atom is -0.449 e. The van der Waals surface area contributed by atoms with Gasteiger partial charge in [0.1, 0.15) is 0 Å². The summed E-state index contributed by atoms with van der Waals surface area (Å²) in [6.45, 7) is 4.07. The van der Waals surface area contributed by atoms with Gasteiger partial charge in [0.05, 0.1) is 23.7 Å². The summed E-state index contributed by atoms with van der Waals surface area (Å²) in [6, 6.07) is 3.62. The molecule has 3 rings (SSSR count). The number of hydrogen-bond donors (Lipinski definition) is 2. The molecule has 0 radical (unpaired) electrons. The molecule has 2 aliphatic rings. The number of rotatable bonds is 6. The minimum atomic E-state index is -3.81. The lowest BCUT2D eigenvalue weighted by Gasteiger charge is -2.26. The summed E-state index contributed by atoms with van der Waals surface area (Å²) in [4.78, 5) is 36.9. The number of carbonyl (C=O) groups excluding carboxylic acids is 3. The van der Waals surface area contributed by atoms with Crippen LogP contribution in [-0.2, 0) is 24.3 Å². The van der Waals surface area contributed by atoms with E-state index in [1.807, 2.05) is 0 Å². The van der Waals surface area contributed by atoms with Crippen molar-refractivity contribution in [3.63, 3.8) is 0 Å². The average molecular weight is 482 g/mol. The Morgan fingerprint density at radius 2 is 1.79 bits per heavy atom. The number of nitrogens with one attached hydrogen (secondary N) is 2. The van der Waals surface area contributed by atoms with Crippen molar-refractivity contribution in [2.45, 2.75) is 63.0 Å². The van der Waals surface area contributed by atoms with E-state index in [0.29, 0.717) is 18.8 Å². The number of benzene rings is 1. The predicted molar refractivity (Wildman–Crippen MR) is 119 cm³/mol. The average Bonchev–Trinajstić information content (AvgIpc) is 2.80. The van der Waals surface area contributed by atoms with E-state index in [4.69, 9.17) is 9.47 Å². The fourth-order valence-corrected chi connectivity index (χ4v) is 5.55. The first kappa shape index (κ1) is 25.1. The van der Waals surface area contributed by atoms with Gasteiger partial charge in [-0.1, -0.05) is 25.3 Å². The van der Waals surface area contributed by atoms with E-state index in [2.05, 4.69) is 10.6 Å². The molecule has 1 unspecified atom stereocenters. The van der Waals surface area contributed by atoms with Gasteiger partial charge in [-0.3, -0.25) is 10.1 Å². The predicted octanol–water partition coefficient (Wildman–Crippen LogP) is 1.72. The molecule has 33 heavy (non-hydrogen) atoms. The zero-order valence-corrected chi connectivity index (χ0v) is 19.8. The van der Waals surface area contributed by atoms with Gasteiger partial charge in [-0.25, -0.2) is 18.0 Å². The molecule has 0 spiro atoms. The topological polar surface area (TPSA) is 131 Å². The highest BCUT2D eigenvalue weighted by Crippen LogP contribution is 2.23. The Morgan fingerprint density at radius 3 is 2.45 bits per heavy atom. The number of sulfonamides is 1. The van der Waals surface area contributed by atoms with Crippen molar-refractivity contribution in [1.82, 2.24) is 14.9 Å². The van der Waals surface area contributed by atoms with Gasteiger partial charge in [0.2, 0.25) is 10.0 Å². The molecule has 0 bridgehead atoms. The molecule has 1 saturated carbocycles. The van der Waals surface area contributed by atoms with Crippen LogP contribution in [0.25, 0.3) is 0 Å². The van der Waals surface area contributed by atoms with Crippen molar-refractivity contribution in [2.24, 2.45) is 0 Å². The molecule has 1 aliphatic carbocycles. The van der Waals surface area contributed by atoms with Crippen molar-refractivity contribution in [3.05, 3.63) is 29.3 Å². The van der Waals surface area contributed by atoms with Crippen molar-refractivity contribution >= 4 is 27.9 Å². The first-order chi connectivity index (χ1) is 15.7. The highest BCUT2D eigenvalue weighted by Gasteiger charge is 2.29. The summed E-state index contributed by atoms with van der Waals surface area (Å²) in [6.07, 6.45) is 3.71. The molecule has 1 atom stereocenters. The van der Waals surface area contributed by atoms with Gasteiger partial charge in [0.15, 0.2) is 6.10 Å². The Balaban J connectivity index is 1.61. The summed E-state index contributed by atoms with van der Waals surface area (Å²) in [5.74, 6) is -1.62. The maximum absolute atomic E-state index is 13.0. The Bertz CT molecular complexity index is 984. The van der Waals surface area contributed by atoms with Crippen LogP contribution in [-0.4, -0.2) is 69.1 Å². The number of amides is 3. The molecule has 1 saturated heterocycles. The third kappa shape index (κ3) is 6.52. The van der Waals surface area contributed by atoms with Crippen LogP contribution in [0.15, 0.2) is 23.1 Å². The molecule has 1 aromatic rings. The maximum Gasteiger partial charge on any atom is 0.338 e. The van der Waals surface area contributed by atoms with Crippen LogP contribution in [0.2, 0.25) is 0 Å². The van der Waals surface area contributed by atoms with Crippen molar-refractivity contribution in [3.8, 4) is 0 Å². The molecular formula is C22H31N3O7S. The van der Waals surface area contributed by atoms with E-state index in [1.54, 1.807) is 6.92 Å². The Morgan fingerprint density at radius 1 is 1.12 bits per heavy atom. The monoisotopic (exact) mass is 481 g/mol. The summed E-state index contributed by atoms with van der Waals surface area (Å²) < 4.78 is 37.7. The van der Waals surface area contributed by atoms with Crippen LogP contribution in [0, 0.1) is 6.92 Å². The maximum atomic E-state index is 13.0. The second-order valence-electron chi connectivity index (χ2n) is 8.34. The summed E-state index contributed by atoms with van der Waals surface area (Å²) in [5, 5.41) is 4.95. The molecule has 1 aliphatic heterocycles. The van der Waals surface area contributed by atoms with Crippen LogP contribution in [0.3, 0.4) is 0 Å². The molecule has 0 aromatic heterocycles. The second-order valence-corrected chi connectivity index (χ2v) is 10.2. The van der Waals surface area contributed by atoms with Crippen LogP contribution < -0.4 is 10.6 Å². The lowest BCUT2D eigenvalue weighted by molar-refractivity contribution is -0.127. The van der Waals surface area contributed by atoms with E-state index in [-0.39, 0.29) is 29.6 Å². The van der Waals surface area contributed by atoms with Crippen LogP contribution in [0.5, 0.6) is 0 Å². The minimum absolute atomic E-state index is 0.00117. The van der Waals surface area contributed by atoms with Gasteiger partial charge in [0.25, 0.3) is 5.91 Å². The summed E-state index contributed by atoms with van der Waals surface area (Å²) in [5.41, 5.74) is 0.488. The van der Waals surface area contributed by atoms with Crippen LogP contribution in [0.1, 0.15) is 54.9 Å². The van der Waals surface area contributed by atoms with Gasteiger partial charge in [-0.15, -0.1) is 0 Å². The number of urea groups is 1. The number of esters is 1. The molecule has 182 valence electrons. The van der Waals surface area contributed by atoms with E-state index in [9.17, 15) is 22.8 Å². The lowest BCUT2D eigenvalue weighted by Crippen LogP contribution is -2.48. The van der Waals surface area contributed by atoms with Crippen molar-refractivity contribution in [1.29, 1.82) is 0 Å². The first-order valence-corrected chi connectivity index (χ1v) is 12.6. The Kier molecular flexibility index (Phi) is 8.44. The smallest absolute Gasteiger partial charge is 0.338 e. The second kappa shape index (κ2) is 11.1. The number of hydrogen-bond acceptors (Lipinski definition) is 7. The third-order valence-corrected chi connectivity index (χ3v) is 7.88. The fourth-order valence-electron chi connectivity index (χ4n) is 3.90. The lowest BCUT2D eigenvalue weighted by atomic mass is 9.96.